The molecule has 4 nitrogen and oxygen atoms in total. The summed E-state index contributed by atoms with van der Waals surface area (Å²) in [5, 5.41) is 0. The Hall–Kier alpha value is -0.770. The fourth-order valence-corrected chi connectivity index (χ4v) is 1.61. The molecule has 88 valence electrons. The number of carbonyl (C=O) groups is 1. The van der Waals surface area contributed by atoms with Crippen LogP contribution in [0.3, 0.4) is 0 Å². The van der Waals surface area contributed by atoms with Gasteiger partial charge in [-0.1, -0.05) is 13.8 Å². The van der Waals surface area contributed by atoms with Crippen LogP contribution in [0.1, 0.15) is 39.5 Å². The van der Waals surface area contributed by atoms with Crippen molar-refractivity contribution in [1.29, 1.82) is 0 Å². The molecular formula is C11H21NO3. The summed E-state index contributed by atoms with van der Waals surface area (Å²) < 4.78 is 10.1. The first kappa shape index (κ1) is 12.3. The van der Waals surface area contributed by atoms with E-state index >= 15 is 0 Å². The van der Waals surface area contributed by atoms with Crippen molar-refractivity contribution < 1.29 is 14.3 Å². The van der Waals surface area contributed by atoms with Gasteiger partial charge in [0, 0.05) is 6.04 Å². The van der Waals surface area contributed by atoms with Crippen molar-refractivity contribution in [2.24, 2.45) is 11.7 Å². The monoisotopic (exact) mass is 215 g/mol. The lowest BCUT2D eigenvalue weighted by molar-refractivity contribution is 0.00473. The lowest BCUT2D eigenvalue weighted by Crippen LogP contribution is -2.31. The molecule has 0 bridgehead atoms. The molecule has 0 heterocycles. The normalized spacial score (nSPS) is 26.4. The highest BCUT2D eigenvalue weighted by Crippen LogP contribution is 2.20. The summed E-state index contributed by atoms with van der Waals surface area (Å²) in [7, 11) is 0. The highest BCUT2D eigenvalue weighted by atomic mass is 16.7. The van der Waals surface area contributed by atoms with E-state index in [9.17, 15) is 4.79 Å². The number of hydrogen-bond acceptors (Lipinski definition) is 4. The maximum atomic E-state index is 11.2. The Balaban J connectivity index is 2.15. The maximum Gasteiger partial charge on any atom is 0.508 e. The van der Waals surface area contributed by atoms with Gasteiger partial charge in [-0.15, -0.1) is 0 Å². The molecule has 0 unspecified atom stereocenters. The summed E-state index contributed by atoms with van der Waals surface area (Å²) in [5.74, 6) is 0.345. The van der Waals surface area contributed by atoms with Crippen LogP contribution in [-0.2, 0) is 9.47 Å². The first-order chi connectivity index (χ1) is 7.08. The van der Waals surface area contributed by atoms with Crippen LogP contribution >= 0.6 is 0 Å². The molecule has 0 saturated heterocycles. The topological polar surface area (TPSA) is 61.5 Å². The zero-order chi connectivity index (χ0) is 11.3. The molecule has 15 heavy (non-hydrogen) atoms. The predicted octanol–water partition coefficient (Wildman–Crippen LogP) is 2.07. The van der Waals surface area contributed by atoms with E-state index in [0.29, 0.717) is 12.5 Å². The second kappa shape index (κ2) is 5.95. The molecule has 0 aliphatic heterocycles. The summed E-state index contributed by atoms with van der Waals surface area (Å²) in [4.78, 5) is 11.2. The fourth-order valence-electron chi connectivity index (χ4n) is 1.61. The van der Waals surface area contributed by atoms with Gasteiger partial charge in [-0.05, 0) is 31.6 Å². The van der Waals surface area contributed by atoms with E-state index in [1.165, 1.54) is 0 Å². The predicted molar refractivity (Wildman–Crippen MR) is 57.5 cm³/mol. The van der Waals surface area contributed by atoms with Crippen LogP contribution in [0, 0.1) is 5.92 Å². The number of ether oxygens (including phenoxy) is 2. The Morgan fingerprint density at radius 3 is 2.47 bits per heavy atom. The van der Waals surface area contributed by atoms with Crippen LogP contribution in [0.4, 0.5) is 4.79 Å². The lowest BCUT2D eigenvalue weighted by atomic mass is 9.94. The molecule has 0 aromatic rings. The van der Waals surface area contributed by atoms with Crippen LogP contribution in [0.2, 0.25) is 0 Å². The van der Waals surface area contributed by atoms with Gasteiger partial charge in [0.05, 0.1) is 6.61 Å². The van der Waals surface area contributed by atoms with E-state index in [1.807, 2.05) is 13.8 Å². The molecule has 1 saturated carbocycles. The van der Waals surface area contributed by atoms with Crippen molar-refractivity contribution in [3.8, 4) is 0 Å². The number of carbonyl (C=O) groups excluding carboxylic acids is 1. The second-order valence-corrected chi connectivity index (χ2v) is 4.61. The number of hydrogen-bond donors (Lipinski definition) is 1. The van der Waals surface area contributed by atoms with Crippen LogP contribution in [0.25, 0.3) is 0 Å². The van der Waals surface area contributed by atoms with Gasteiger partial charge >= 0.3 is 6.16 Å². The van der Waals surface area contributed by atoms with E-state index in [4.69, 9.17) is 15.2 Å². The van der Waals surface area contributed by atoms with Crippen molar-refractivity contribution in [2.45, 2.75) is 51.7 Å². The number of rotatable bonds is 3. The molecule has 0 amide bonds. The van der Waals surface area contributed by atoms with Crippen LogP contribution < -0.4 is 5.73 Å². The standard InChI is InChI=1S/C11H21NO3/c1-8(2)7-14-11(13)15-10-5-3-9(12)4-6-10/h8-10H,3-7,12H2,1-2H3. The molecule has 1 aliphatic rings. The zero-order valence-corrected chi connectivity index (χ0v) is 9.57. The Morgan fingerprint density at radius 2 is 1.93 bits per heavy atom. The smallest absolute Gasteiger partial charge is 0.434 e. The Morgan fingerprint density at radius 1 is 1.33 bits per heavy atom. The van der Waals surface area contributed by atoms with Crippen molar-refractivity contribution >= 4 is 6.16 Å². The third kappa shape index (κ3) is 5.02. The minimum atomic E-state index is -0.538. The van der Waals surface area contributed by atoms with E-state index < -0.39 is 6.16 Å². The highest BCUT2D eigenvalue weighted by Gasteiger charge is 2.22. The van der Waals surface area contributed by atoms with Crippen molar-refractivity contribution in [1.82, 2.24) is 0 Å². The lowest BCUT2D eigenvalue weighted by Gasteiger charge is -2.25. The summed E-state index contributed by atoms with van der Waals surface area (Å²) in [6.07, 6.45) is 3.05. The first-order valence-electron chi connectivity index (χ1n) is 5.67. The third-order valence-electron chi connectivity index (χ3n) is 2.52. The Kier molecular flexibility index (Phi) is 4.88. The summed E-state index contributed by atoms with van der Waals surface area (Å²) in [6.45, 7) is 4.41. The van der Waals surface area contributed by atoms with Crippen LogP contribution in [0.15, 0.2) is 0 Å². The molecule has 0 atom stereocenters. The molecule has 4 heteroatoms. The SMILES string of the molecule is CC(C)COC(=O)OC1CCC(N)CC1. The molecule has 0 aromatic carbocycles. The Bertz CT molecular complexity index is 198. The number of nitrogens with two attached hydrogens (primary N) is 1. The fraction of sp³-hybridized carbons (Fsp3) is 0.909. The van der Waals surface area contributed by atoms with Gasteiger partial charge in [-0.3, -0.25) is 0 Å². The molecule has 0 spiro atoms. The summed E-state index contributed by atoms with van der Waals surface area (Å²) >= 11 is 0. The van der Waals surface area contributed by atoms with E-state index in [1.54, 1.807) is 0 Å². The quantitative estimate of drug-likeness (QED) is 0.732. The minimum absolute atomic E-state index is 0.00413. The second-order valence-electron chi connectivity index (χ2n) is 4.61. The van der Waals surface area contributed by atoms with Gasteiger partial charge in [0.1, 0.15) is 6.10 Å². The van der Waals surface area contributed by atoms with Crippen molar-refractivity contribution in [3.05, 3.63) is 0 Å². The van der Waals surface area contributed by atoms with Gasteiger partial charge < -0.3 is 15.2 Å². The van der Waals surface area contributed by atoms with Gasteiger partial charge in [0.2, 0.25) is 0 Å². The molecule has 1 aliphatic carbocycles. The highest BCUT2D eigenvalue weighted by molar-refractivity contribution is 5.60. The third-order valence-corrected chi connectivity index (χ3v) is 2.52. The van der Waals surface area contributed by atoms with E-state index in [-0.39, 0.29) is 12.1 Å². The molecule has 0 radical (unpaired) electrons. The van der Waals surface area contributed by atoms with Crippen LogP contribution in [-0.4, -0.2) is 24.9 Å². The first-order valence-corrected chi connectivity index (χ1v) is 5.67. The molecule has 1 fully saturated rings. The zero-order valence-electron chi connectivity index (χ0n) is 9.57. The summed E-state index contributed by atoms with van der Waals surface area (Å²) in [6, 6.07) is 0.275. The Labute approximate surface area is 91.1 Å². The molecule has 0 aromatic heterocycles. The largest absolute Gasteiger partial charge is 0.508 e. The van der Waals surface area contributed by atoms with Gasteiger partial charge in [0.25, 0.3) is 0 Å². The summed E-state index contributed by atoms with van der Waals surface area (Å²) in [5.41, 5.74) is 5.75. The van der Waals surface area contributed by atoms with Crippen molar-refractivity contribution in [3.63, 3.8) is 0 Å². The van der Waals surface area contributed by atoms with E-state index in [0.717, 1.165) is 25.7 Å². The van der Waals surface area contributed by atoms with Gasteiger partial charge in [-0.2, -0.15) is 0 Å². The average molecular weight is 215 g/mol. The van der Waals surface area contributed by atoms with Crippen LogP contribution in [0.5, 0.6) is 0 Å². The average Bonchev–Trinajstić information content (AvgIpc) is 2.19. The van der Waals surface area contributed by atoms with E-state index in [2.05, 4.69) is 0 Å². The molecule has 1 rings (SSSR count). The molecule has 2 N–H and O–H groups in total. The van der Waals surface area contributed by atoms with Gasteiger partial charge in [-0.25, -0.2) is 4.79 Å². The molecular weight excluding hydrogens is 194 g/mol. The maximum absolute atomic E-state index is 11.2. The minimum Gasteiger partial charge on any atom is -0.434 e. The van der Waals surface area contributed by atoms with Gasteiger partial charge in [0.15, 0.2) is 0 Å². The van der Waals surface area contributed by atoms with Crippen molar-refractivity contribution in [2.75, 3.05) is 6.61 Å².